The average molecular weight is 270 g/mol. The van der Waals surface area contributed by atoms with Gasteiger partial charge in [0.25, 0.3) is 0 Å². The zero-order valence-corrected chi connectivity index (χ0v) is 12.1. The van der Waals surface area contributed by atoms with Gasteiger partial charge in [-0.2, -0.15) is 0 Å². The van der Waals surface area contributed by atoms with Crippen LogP contribution in [0.2, 0.25) is 0 Å². The molecule has 3 heteroatoms. The van der Waals surface area contributed by atoms with Crippen LogP contribution in [0.25, 0.3) is 0 Å². The van der Waals surface area contributed by atoms with Crippen LogP contribution in [-0.4, -0.2) is 18.1 Å². The second-order valence-electron chi connectivity index (χ2n) is 5.09. The van der Waals surface area contributed by atoms with Gasteiger partial charge in [0, 0.05) is 23.9 Å². The fraction of sp³-hybridized carbons (Fsp3) is 0.353. The predicted octanol–water partition coefficient (Wildman–Crippen LogP) is 3.15. The van der Waals surface area contributed by atoms with Crippen molar-refractivity contribution in [1.29, 1.82) is 0 Å². The van der Waals surface area contributed by atoms with Crippen molar-refractivity contribution in [1.82, 2.24) is 4.98 Å². The lowest BCUT2D eigenvalue weighted by molar-refractivity contribution is 0.414. The van der Waals surface area contributed by atoms with Gasteiger partial charge in [-0.3, -0.25) is 4.98 Å². The zero-order chi connectivity index (χ0) is 14.4. The van der Waals surface area contributed by atoms with Gasteiger partial charge in [0.1, 0.15) is 5.75 Å². The van der Waals surface area contributed by atoms with Gasteiger partial charge in [-0.25, -0.2) is 0 Å². The standard InChI is InChI=1S/C17H22N2O/c1-13(17-5-3-4-12-19-17)16(18)11-8-14-6-9-15(20-2)10-7-14/h3-7,9-10,12-13,16H,8,11,18H2,1-2H3. The molecule has 0 radical (unpaired) electrons. The second-order valence-corrected chi connectivity index (χ2v) is 5.09. The van der Waals surface area contributed by atoms with Crippen LogP contribution < -0.4 is 10.5 Å². The van der Waals surface area contributed by atoms with Gasteiger partial charge < -0.3 is 10.5 Å². The SMILES string of the molecule is COc1ccc(CCC(N)C(C)c2ccccn2)cc1. The zero-order valence-electron chi connectivity index (χ0n) is 12.1. The summed E-state index contributed by atoms with van der Waals surface area (Å²) in [6.07, 6.45) is 3.74. The van der Waals surface area contributed by atoms with Crippen LogP contribution in [0, 0.1) is 0 Å². The molecule has 1 aromatic carbocycles. The quantitative estimate of drug-likeness (QED) is 0.877. The molecule has 0 bridgehead atoms. The fourth-order valence-corrected chi connectivity index (χ4v) is 2.24. The molecule has 2 atom stereocenters. The summed E-state index contributed by atoms with van der Waals surface area (Å²) in [6, 6.07) is 14.3. The molecule has 0 aliphatic heterocycles. The van der Waals surface area contributed by atoms with Gasteiger partial charge in [0.2, 0.25) is 0 Å². The molecular weight excluding hydrogens is 248 g/mol. The molecule has 3 nitrogen and oxygen atoms in total. The van der Waals surface area contributed by atoms with Crippen molar-refractivity contribution in [2.24, 2.45) is 5.73 Å². The molecule has 0 fully saturated rings. The van der Waals surface area contributed by atoms with Gasteiger partial charge in [0.15, 0.2) is 0 Å². The highest BCUT2D eigenvalue weighted by molar-refractivity contribution is 5.27. The first-order valence-electron chi connectivity index (χ1n) is 7.00. The predicted molar refractivity (Wildman–Crippen MR) is 81.9 cm³/mol. The van der Waals surface area contributed by atoms with Crippen molar-refractivity contribution >= 4 is 0 Å². The van der Waals surface area contributed by atoms with E-state index in [0.29, 0.717) is 0 Å². The topological polar surface area (TPSA) is 48.1 Å². The highest BCUT2D eigenvalue weighted by Gasteiger charge is 2.15. The number of hydrogen-bond donors (Lipinski definition) is 1. The van der Waals surface area contributed by atoms with E-state index in [9.17, 15) is 0 Å². The maximum Gasteiger partial charge on any atom is 0.118 e. The molecule has 1 aromatic heterocycles. The summed E-state index contributed by atoms with van der Waals surface area (Å²) in [7, 11) is 1.68. The summed E-state index contributed by atoms with van der Waals surface area (Å²) in [5, 5.41) is 0. The lowest BCUT2D eigenvalue weighted by atomic mass is 9.93. The Balaban J connectivity index is 1.89. The third kappa shape index (κ3) is 3.81. The maximum absolute atomic E-state index is 6.29. The summed E-state index contributed by atoms with van der Waals surface area (Å²) in [4.78, 5) is 4.38. The molecule has 2 unspecified atom stereocenters. The first-order chi connectivity index (χ1) is 9.70. The molecule has 106 valence electrons. The Bertz CT molecular complexity index is 510. The number of nitrogens with two attached hydrogens (primary N) is 1. The Kier molecular flexibility index (Phi) is 5.13. The Hall–Kier alpha value is -1.87. The molecule has 2 N–H and O–H groups in total. The maximum atomic E-state index is 6.29. The Morgan fingerprint density at radius 3 is 2.50 bits per heavy atom. The van der Waals surface area contributed by atoms with E-state index in [4.69, 9.17) is 10.5 Å². The van der Waals surface area contributed by atoms with Crippen molar-refractivity contribution in [2.45, 2.75) is 31.7 Å². The minimum absolute atomic E-state index is 0.118. The second kappa shape index (κ2) is 7.06. The summed E-state index contributed by atoms with van der Waals surface area (Å²) in [6.45, 7) is 2.14. The van der Waals surface area contributed by atoms with Crippen molar-refractivity contribution in [2.75, 3.05) is 7.11 Å². The first kappa shape index (κ1) is 14.5. The monoisotopic (exact) mass is 270 g/mol. The third-order valence-electron chi connectivity index (χ3n) is 3.72. The van der Waals surface area contributed by atoms with Crippen LogP contribution in [0.4, 0.5) is 0 Å². The molecular formula is C17H22N2O. The molecule has 0 aliphatic rings. The molecule has 20 heavy (non-hydrogen) atoms. The Morgan fingerprint density at radius 1 is 1.15 bits per heavy atom. The molecule has 0 aliphatic carbocycles. The van der Waals surface area contributed by atoms with E-state index in [0.717, 1.165) is 24.3 Å². The van der Waals surface area contributed by atoms with Crippen molar-refractivity contribution in [3.63, 3.8) is 0 Å². The van der Waals surface area contributed by atoms with E-state index < -0.39 is 0 Å². The Labute approximate surface area is 120 Å². The number of pyridine rings is 1. The van der Waals surface area contributed by atoms with Gasteiger partial charge >= 0.3 is 0 Å². The van der Waals surface area contributed by atoms with Crippen LogP contribution >= 0.6 is 0 Å². The highest BCUT2D eigenvalue weighted by atomic mass is 16.5. The van der Waals surface area contributed by atoms with E-state index >= 15 is 0 Å². The molecule has 2 rings (SSSR count). The first-order valence-corrected chi connectivity index (χ1v) is 7.00. The van der Waals surface area contributed by atoms with Crippen molar-refractivity contribution in [3.8, 4) is 5.75 Å². The normalized spacial score (nSPS) is 13.8. The van der Waals surface area contributed by atoms with Gasteiger partial charge in [-0.05, 0) is 42.7 Å². The van der Waals surface area contributed by atoms with Crippen LogP contribution in [0.3, 0.4) is 0 Å². The number of hydrogen-bond acceptors (Lipinski definition) is 3. The number of nitrogens with zero attached hydrogens (tertiary/aromatic N) is 1. The van der Waals surface area contributed by atoms with Crippen LogP contribution in [0.15, 0.2) is 48.7 Å². The number of aromatic nitrogens is 1. The van der Waals surface area contributed by atoms with Gasteiger partial charge in [-0.15, -0.1) is 0 Å². The number of rotatable bonds is 6. The van der Waals surface area contributed by atoms with E-state index in [2.05, 4.69) is 24.0 Å². The average Bonchev–Trinajstić information content (AvgIpc) is 2.53. The molecule has 2 aromatic rings. The van der Waals surface area contributed by atoms with E-state index in [1.807, 2.05) is 36.5 Å². The number of aryl methyl sites for hydroxylation is 1. The minimum atomic E-state index is 0.118. The minimum Gasteiger partial charge on any atom is -0.497 e. The van der Waals surface area contributed by atoms with Gasteiger partial charge in [-0.1, -0.05) is 25.1 Å². The van der Waals surface area contributed by atoms with E-state index in [-0.39, 0.29) is 12.0 Å². The third-order valence-corrected chi connectivity index (χ3v) is 3.72. The number of ether oxygens (including phenoxy) is 1. The Morgan fingerprint density at radius 2 is 1.90 bits per heavy atom. The highest BCUT2D eigenvalue weighted by Crippen LogP contribution is 2.19. The number of benzene rings is 1. The molecule has 0 saturated carbocycles. The van der Waals surface area contributed by atoms with Gasteiger partial charge in [0.05, 0.1) is 7.11 Å². The van der Waals surface area contributed by atoms with Crippen LogP contribution in [-0.2, 0) is 6.42 Å². The largest absolute Gasteiger partial charge is 0.497 e. The summed E-state index contributed by atoms with van der Waals surface area (Å²) < 4.78 is 5.16. The summed E-state index contributed by atoms with van der Waals surface area (Å²) in [5.41, 5.74) is 8.64. The molecule has 0 amide bonds. The lowest BCUT2D eigenvalue weighted by Crippen LogP contribution is -2.27. The fourth-order valence-electron chi connectivity index (χ4n) is 2.24. The molecule has 0 saturated heterocycles. The van der Waals surface area contributed by atoms with Crippen LogP contribution in [0.5, 0.6) is 5.75 Å². The lowest BCUT2D eigenvalue weighted by Gasteiger charge is -2.19. The molecule has 1 heterocycles. The summed E-state index contributed by atoms with van der Waals surface area (Å²) >= 11 is 0. The van der Waals surface area contributed by atoms with Crippen molar-refractivity contribution in [3.05, 3.63) is 59.9 Å². The van der Waals surface area contributed by atoms with E-state index in [1.165, 1.54) is 5.56 Å². The van der Waals surface area contributed by atoms with Crippen LogP contribution in [0.1, 0.15) is 30.5 Å². The van der Waals surface area contributed by atoms with Crippen molar-refractivity contribution < 1.29 is 4.74 Å². The van der Waals surface area contributed by atoms with E-state index in [1.54, 1.807) is 7.11 Å². The smallest absolute Gasteiger partial charge is 0.118 e. The molecule has 0 spiro atoms. The number of methoxy groups -OCH3 is 1. The summed E-state index contributed by atoms with van der Waals surface area (Å²) in [5.74, 6) is 1.16.